The zero-order valence-corrected chi connectivity index (χ0v) is 12.9. The van der Waals surface area contributed by atoms with E-state index in [1.807, 2.05) is 41.3 Å². The van der Waals surface area contributed by atoms with Crippen molar-refractivity contribution in [1.82, 2.24) is 4.90 Å². The molecule has 1 atom stereocenters. The molecule has 0 spiro atoms. The van der Waals surface area contributed by atoms with Crippen LogP contribution in [0, 0.1) is 0 Å². The molecule has 1 fully saturated rings. The van der Waals surface area contributed by atoms with Gasteiger partial charge in [0.15, 0.2) is 0 Å². The van der Waals surface area contributed by atoms with Gasteiger partial charge in [0.2, 0.25) is 0 Å². The van der Waals surface area contributed by atoms with Crippen molar-refractivity contribution >= 4 is 29.1 Å². The minimum absolute atomic E-state index is 0.0370. The summed E-state index contributed by atoms with van der Waals surface area (Å²) in [7, 11) is 0. The van der Waals surface area contributed by atoms with Gasteiger partial charge in [-0.1, -0.05) is 41.4 Å². The molecule has 1 aliphatic rings. The molecular formula is C17H15Cl2NO. The summed E-state index contributed by atoms with van der Waals surface area (Å²) in [6.45, 7) is 0.776. The van der Waals surface area contributed by atoms with Crippen LogP contribution in [0.25, 0.3) is 0 Å². The summed E-state index contributed by atoms with van der Waals surface area (Å²) in [4.78, 5) is 14.6. The molecule has 0 aliphatic carbocycles. The Bertz CT molecular complexity index is 654. The highest BCUT2D eigenvalue weighted by atomic mass is 35.5. The van der Waals surface area contributed by atoms with Gasteiger partial charge in [-0.3, -0.25) is 4.79 Å². The second-order valence-electron chi connectivity index (χ2n) is 5.22. The lowest BCUT2D eigenvalue weighted by Crippen LogP contribution is -2.30. The van der Waals surface area contributed by atoms with Crippen LogP contribution in [0.1, 0.15) is 34.8 Å². The van der Waals surface area contributed by atoms with E-state index in [0.29, 0.717) is 15.6 Å². The first-order chi connectivity index (χ1) is 10.1. The number of carbonyl (C=O) groups is 1. The van der Waals surface area contributed by atoms with E-state index in [0.717, 1.165) is 24.9 Å². The van der Waals surface area contributed by atoms with Crippen molar-refractivity contribution in [3.63, 3.8) is 0 Å². The summed E-state index contributed by atoms with van der Waals surface area (Å²) in [5.74, 6) is 0.0370. The largest absolute Gasteiger partial charge is 0.332 e. The maximum absolute atomic E-state index is 12.7. The Morgan fingerprint density at radius 3 is 2.52 bits per heavy atom. The van der Waals surface area contributed by atoms with E-state index in [9.17, 15) is 4.79 Å². The van der Waals surface area contributed by atoms with Crippen LogP contribution >= 0.6 is 23.2 Å². The van der Waals surface area contributed by atoms with E-state index in [-0.39, 0.29) is 11.9 Å². The van der Waals surface area contributed by atoms with Gasteiger partial charge in [-0.15, -0.1) is 0 Å². The number of carbonyl (C=O) groups excluding carboxylic acids is 1. The third-order valence-electron chi connectivity index (χ3n) is 3.84. The summed E-state index contributed by atoms with van der Waals surface area (Å²) in [6, 6.07) is 15.0. The van der Waals surface area contributed by atoms with Crippen LogP contribution in [0.5, 0.6) is 0 Å². The second-order valence-corrected chi connectivity index (χ2v) is 6.09. The van der Waals surface area contributed by atoms with Crippen molar-refractivity contribution in [2.75, 3.05) is 6.54 Å². The third kappa shape index (κ3) is 3.07. The quantitative estimate of drug-likeness (QED) is 0.765. The minimum atomic E-state index is 0.0370. The number of halogens is 2. The standard InChI is InChI=1S/C17H15Cl2NO/c18-14-8-6-12(7-9-14)16-5-2-10-20(16)17(21)13-3-1-4-15(19)11-13/h1,3-4,6-9,11,16H,2,5,10H2/t16-/m0/s1. The number of rotatable bonds is 2. The van der Waals surface area contributed by atoms with E-state index in [2.05, 4.69) is 0 Å². The first kappa shape index (κ1) is 14.4. The van der Waals surface area contributed by atoms with Crippen molar-refractivity contribution in [3.05, 3.63) is 69.7 Å². The monoisotopic (exact) mass is 319 g/mol. The van der Waals surface area contributed by atoms with Crippen molar-refractivity contribution < 1.29 is 4.79 Å². The number of amides is 1. The molecule has 1 saturated heterocycles. The molecule has 108 valence electrons. The summed E-state index contributed by atoms with van der Waals surface area (Å²) in [5, 5.41) is 1.30. The van der Waals surface area contributed by atoms with Crippen molar-refractivity contribution in [1.29, 1.82) is 0 Å². The number of benzene rings is 2. The van der Waals surface area contributed by atoms with Gasteiger partial charge in [-0.25, -0.2) is 0 Å². The molecule has 1 amide bonds. The Balaban J connectivity index is 1.87. The Morgan fingerprint density at radius 2 is 1.81 bits per heavy atom. The zero-order chi connectivity index (χ0) is 14.8. The number of hydrogen-bond acceptors (Lipinski definition) is 1. The van der Waals surface area contributed by atoms with Gasteiger partial charge in [0.1, 0.15) is 0 Å². The number of likely N-dealkylation sites (tertiary alicyclic amines) is 1. The van der Waals surface area contributed by atoms with Crippen LogP contribution in [-0.2, 0) is 0 Å². The fraction of sp³-hybridized carbons (Fsp3) is 0.235. The maximum atomic E-state index is 12.7. The zero-order valence-electron chi connectivity index (χ0n) is 11.4. The molecule has 0 bridgehead atoms. The summed E-state index contributed by atoms with van der Waals surface area (Å²) in [6.07, 6.45) is 1.99. The second kappa shape index (κ2) is 6.08. The lowest BCUT2D eigenvalue weighted by molar-refractivity contribution is 0.0735. The van der Waals surface area contributed by atoms with Crippen LogP contribution in [-0.4, -0.2) is 17.4 Å². The lowest BCUT2D eigenvalue weighted by atomic mass is 10.0. The highest BCUT2D eigenvalue weighted by Crippen LogP contribution is 2.33. The molecule has 0 saturated carbocycles. The Morgan fingerprint density at radius 1 is 1.05 bits per heavy atom. The highest BCUT2D eigenvalue weighted by molar-refractivity contribution is 6.31. The molecule has 1 heterocycles. The molecule has 2 nitrogen and oxygen atoms in total. The number of hydrogen-bond donors (Lipinski definition) is 0. The average Bonchev–Trinajstić information content (AvgIpc) is 2.96. The molecule has 21 heavy (non-hydrogen) atoms. The first-order valence-corrected chi connectivity index (χ1v) is 7.73. The molecule has 1 aliphatic heterocycles. The molecule has 0 aromatic heterocycles. The Kier molecular flexibility index (Phi) is 4.18. The fourth-order valence-electron chi connectivity index (χ4n) is 2.83. The molecule has 4 heteroatoms. The van der Waals surface area contributed by atoms with E-state index in [4.69, 9.17) is 23.2 Å². The van der Waals surface area contributed by atoms with E-state index in [1.165, 1.54) is 0 Å². The SMILES string of the molecule is O=C(c1cccc(Cl)c1)N1CCC[C@H]1c1ccc(Cl)cc1. The lowest BCUT2D eigenvalue weighted by Gasteiger charge is -2.25. The van der Waals surface area contributed by atoms with Crippen molar-refractivity contribution in [2.45, 2.75) is 18.9 Å². The van der Waals surface area contributed by atoms with E-state index < -0.39 is 0 Å². The highest BCUT2D eigenvalue weighted by Gasteiger charge is 2.30. The number of nitrogens with zero attached hydrogens (tertiary/aromatic N) is 1. The Hall–Kier alpha value is -1.51. The third-order valence-corrected chi connectivity index (χ3v) is 4.33. The van der Waals surface area contributed by atoms with Crippen molar-refractivity contribution in [3.8, 4) is 0 Å². The van der Waals surface area contributed by atoms with Gasteiger partial charge >= 0.3 is 0 Å². The molecule has 0 radical (unpaired) electrons. The summed E-state index contributed by atoms with van der Waals surface area (Å²) in [5.41, 5.74) is 1.77. The molecule has 3 rings (SSSR count). The summed E-state index contributed by atoms with van der Waals surface area (Å²) >= 11 is 11.9. The average molecular weight is 320 g/mol. The smallest absolute Gasteiger partial charge is 0.254 e. The molecule has 0 N–H and O–H groups in total. The Labute approximate surface area is 134 Å². The molecule has 2 aromatic rings. The van der Waals surface area contributed by atoms with Gasteiger partial charge in [0.05, 0.1) is 6.04 Å². The van der Waals surface area contributed by atoms with Crippen LogP contribution < -0.4 is 0 Å². The minimum Gasteiger partial charge on any atom is -0.332 e. The van der Waals surface area contributed by atoms with Crippen LogP contribution in [0.3, 0.4) is 0 Å². The van der Waals surface area contributed by atoms with Gasteiger partial charge in [-0.2, -0.15) is 0 Å². The fourth-order valence-corrected chi connectivity index (χ4v) is 3.14. The van der Waals surface area contributed by atoms with Gasteiger partial charge < -0.3 is 4.90 Å². The normalized spacial score (nSPS) is 18.0. The molecule has 2 aromatic carbocycles. The first-order valence-electron chi connectivity index (χ1n) is 6.97. The van der Waals surface area contributed by atoms with E-state index >= 15 is 0 Å². The van der Waals surface area contributed by atoms with Gasteiger partial charge in [0, 0.05) is 22.2 Å². The van der Waals surface area contributed by atoms with Crippen LogP contribution in [0.2, 0.25) is 10.0 Å². The molecule has 0 unspecified atom stereocenters. The predicted octanol–water partition coefficient (Wildman–Crippen LogP) is 4.97. The van der Waals surface area contributed by atoms with Crippen LogP contribution in [0.15, 0.2) is 48.5 Å². The maximum Gasteiger partial charge on any atom is 0.254 e. The van der Waals surface area contributed by atoms with Gasteiger partial charge in [-0.05, 0) is 48.7 Å². The summed E-state index contributed by atoms with van der Waals surface area (Å²) < 4.78 is 0. The van der Waals surface area contributed by atoms with E-state index in [1.54, 1.807) is 12.1 Å². The predicted molar refractivity (Wildman–Crippen MR) is 85.9 cm³/mol. The topological polar surface area (TPSA) is 20.3 Å². The molecular weight excluding hydrogens is 305 g/mol. The van der Waals surface area contributed by atoms with Crippen LogP contribution in [0.4, 0.5) is 0 Å². The van der Waals surface area contributed by atoms with Gasteiger partial charge in [0.25, 0.3) is 5.91 Å². The van der Waals surface area contributed by atoms with Crippen molar-refractivity contribution in [2.24, 2.45) is 0 Å².